The molecule has 0 saturated carbocycles. The number of unbranched alkanes of at least 4 members (excludes halogenated alkanes) is 3. The highest BCUT2D eigenvalue weighted by Gasteiger charge is 2.07. The molecule has 0 aliphatic heterocycles. The van der Waals surface area contributed by atoms with Crippen LogP contribution in [-0.2, 0) is 4.79 Å². The molecule has 3 N–H and O–H groups in total. The minimum Gasteiger partial charge on any atom is -0.481 e. The van der Waals surface area contributed by atoms with Crippen LogP contribution in [0.1, 0.15) is 41.8 Å². The Labute approximate surface area is 108 Å². The fourth-order valence-electron chi connectivity index (χ4n) is 1.44. The predicted octanol–water partition coefficient (Wildman–Crippen LogP) is 1.20. The van der Waals surface area contributed by atoms with Gasteiger partial charge in [0.1, 0.15) is 4.88 Å². The normalized spacial score (nSPS) is 10.2. The Balaban J connectivity index is 2.06. The van der Waals surface area contributed by atoms with Crippen LogP contribution in [0.4, 0.5) is 0 Å². The highest BCUT2D eigenvalue weighted by molar-refractivity contribution is 7.11. The molecule has 100 valence electrons. The Morgan fingerprint density at radius 3 is 2.61 bits per heavy atom. The van der Waals surface area contributed by atoms with Crippen molar-refractivity contribution in [1.82, 2.24) is 10.3 Å². The molecular formula is C11H16N2O4S. The van der Waals surface area contributed by atoms with Gasteiger partial charge in [-0.2, -0.15) is 0 Å². The van der Waals surface area contributed by atoms with Gasteiger partial charge in [0.15, 0.2) is 0 Å². The summed E-state index contributed by atoms with van der Waals surface area (Å²) in [6.45, 7) is 0.540. The molecule has 0 aliphatic rings. The van der Waals surface area contributed by atoms with Gasteiger partial charge >= 0.3 is 10.8 Å². The molecule has 0 unspecified atom stereocenters. The Morgan fingerprint density at radius 1 is 1.28 bits per heavy atom. The average molecular weight is 272 g/mol. The van der Waals surface area contributed by atoms with E-state index in [9.17, 15) is 14.4 Å². The van der Waals surface area contributed by atoms with E-state index in [2.05, 4.69) is 10.3 Å². The highest BCUT2D eigenvalue weighted by atomic mass is 32.1. The number of aliphatic carboxylic acids is 1. The molecule has 0 saturated heterocycles. The molecule has 0 spiro atoms. The fraction of sp³-hybridized carbons (Fsp3) is 0.545. The van der Waals surface area contributed by atoms with E-state index in [1.54, 1.807) is 0 Å². The Hall–Kier alpha value is -1.63. The molecule has 0 fully saturated rings. The van der Waals surface area contributed by atoms with Gasteiger partial charge < -0.3 is 15.4 Å². The first-order valence-electron chi connectivity index (χ1n) is 5.78. The molecule has 0 radical (unpaired) electrons. The second kappa shape index (κ2) is 7.65. The van der Waals surface area contributed by atoms with E-state index in [1.807, 2.05) is 0 Å². The van der Waals surface area contributed by atoms with Crippen LogP contribution < -0.4 is 10.2 Å². The van der Waals surface area contributed by atoms with E-state index in [-0.39, 0.29) is 17.2 Å². The zero-order valence-electron chi connectivity index (χ0n) is 9.90. The molecular weight excluding hydrogens is 256 g/mol. The van der Waals surface area contributed by atoms with Crippen molar-refractivity contribution in [2.24, 2.45) is 0 Å². The van der Waals surface area contributed by atoms with E-state index in [4.69, 9.17) is 5.11 Å². The number of nitrogens with one attached hydrogen (secondary N) is 2. The maximum atomic E-state index is 11.5. The van der Waals surface area contributed by atoms with Gasteiger partial charge in [0, 0.05) is 19.2 Å². The van der Waals surface area contributed by atoms with Crippen molar-refractivity contribution in [3.8, 4) is 0 Å². The van der Waals surface area contributed by atoms with Gasteiger partial charge in [-0.05, 0) is 12.8 Å². The van der Waals surface area contributed by atoms with Crippen molar-refractivity contribution < 1.29 is 14.7 Å². The minimum absolute atomic E-state index is 0.198. The number of hydrogen-bond acceptors (Lipinski definition) is 4. The summed E-state index contributed by atoms with van der Waals surface area (Å²) in [6.07, 6.45) is 4.81. The van der Waals surface area contributed by atoms with Gasteiger partial charge in [0.2, 0.25) is 0 Å². The summed E-state index contributed by atoms with van der Waals surface area (Å²) < 4.78 is 0. The average Bonchev–Trinajstić information content (AvgIpc) is 2.74. The molecule has 0 aliphatic carbocycles. The number of hydrogen-bond donors (Lipinski definition) is 3. The van der Waals surface area contributed by atoms with E-state index < -0.39 is 5.97 Å². The smallest absolute Gasteiger partial charge is 0.305 e. The lowest BCUT2D eigenvalue weighted by molar-refractivity contribution is -0.137. The SMILES string of the molecule is O=C(O)CCCCCCNC(=O)c1c[nH]c(=O)s1. The van der Waals surface area contributed by atoms with Gasteiger partial charge in [-0.3, -0.25) is 14.4 Å². The predicted molar refractivity (Wildman–Crippen MR) is 68.0 cm³/mol. The Bertz CT molecular complexity index is 452. The molecule has 0 aromatic carbocycles. The maximum Gasteiger partial charge on any atom is 0.305 e. The van der Waals surface area contributed by atoms with Gasteiger partial charge in [-0.15, -0.1) is 0 Å². The molecule has 1 amide bonds. The molecule has 1 aromatic rings. The van der Waals surface area contributed by atoms with Crippen molar-refractivity contribution >= 4 is 23.2 Å². The van der Waals surface area contributed by atoms with Crippen molar-refractivity contribution in [2.75, 3.05) is 6.54 Å². The molecule has 18 heavy (non-hydrogen) atoms. The maximum absolute atomic E-state index is 11.5. The lowest BCUT2D eigenvalue weighted by Gasteiger charge is -2.02. The molecule has 6 nitrogen and oxygen atoms in total. The van der Waals surface area contributed by atoms with Gasteiger partial charge in [0.25, 0.3) is 5.91 Å². The van der Waals surface area contributed by atoms with Crippen molar-refractivity contribution in [3.63, 3.8) is 0 Å². The fourth-order valence-corrected chi connectivity index (χ4v) is 2.04. The quantitative estimate of drug-likeness (QED) is 0.619. The van der Waals surface area contributed by atoms with E-state index >= 15 is 0 Å². The Morgan fingerprint density at radius 2 is 2.00 bits per heavy atom. The van der Waals surface area contributed by atoms with Gasteiger partial charge in [0.05, 0.1) is 0 Å². The summed E-state index contributed by atoms with van der Waals surface area (Å²) in [7, 11) is 0. The van der Waals surface area contributed by atoms with Crippen LogP contribution in [0.2, 0.25) is 0 Å². The first kappa shape index (κ1) is 14.4. The number of thiazole rings is 1. The van der Waals surface area contributed by atoms with Gasteiger partial charge in [-0.25, -0.2) is 0 Å². The molecule has 0 atom stereocenters. The third-order valence-electron chi connectivity index (χ3n) is 2.35. The van der Waals surface area contributed by atoms with Crippen LogP contribution in [-0.4, -0.2) is 28.5 Å². The number of carbonyl (C=O) groups is 2. The number of carboxylic acids is 1. The van der Waals surface area contributed by atoms with Crippen LogP contribution in [0.15, 0.2) is 11.0 Å². The van der Waals surface area contributed by atoms with Crippen molar-refractivity contribution in [3.05, 3.63) is 20.7 Å². The largest absolute Gasteiger partial charge is 0.481 e. The lowest BCUT2D eigenvalue weighted by Crippen LogP contribution is -2.23. The number of H-pyrrole nitrogens is 1. The molecule has 0 bridgehead atoms. The highest BCUT2D eigenvalue weighted by Crippen LogP contribution is 2.03. The summed E-state index contributed by atoms with van der Waals surface area (Å²) in [6, 6.07) is 0. The second-order valence-electron chi connectivity index (χ2n) is 3.86. The van der Waals surface area contributed by atoms with E-state index in [0.29, 0.717) is 17.8 Å². The summed E-state index contributed by atoms with van der Waals surface area (Å²) in [5.74, 6) is -1.02. The summed E-state index contributed by atoms with van der Waals surface area (Å²) in [4.78, 5) is 35.1. The number of carbonyl (C=O) groups excluding carboxylic acids is 1. The molecule has 1 aromatic heterocycles. The van der Waals surface area contributed by atoms with E-state index in [1.165, 1.54) is 6.20 Å². The summed E-state index contributed by atoms with van der Waals surface area (Å²) in [5.41, 5.74) is 0. The summed E-state index contributed by atoms with van der Waals surface area (Å²) >= 11 is 0.883. The standard InChI is InChI=1S/C11H16N2O4S/c14-9(15)5-3-1-2-4-6-12-10(16)8-7-13-11(17)18-8/h7H,1-6H2,(H,12,16)(H,13,17)(H,14,15). The number of amides is 1. The number of rotatable bonds is 8. The first-order valence-corrected chi connectivity index (χ1v) is 6.60. The van der Waals surface area contributed by atoms with E-state index in [0.717, 1.165) is 30.6 Å². The topological polar surface area (TPSA) is 99.3 Å². The van der Waals surface area contributed by atoms with Gasteiger partial charge in [-0.1, -0.05) is 24.2 Å². The minimum atomic E-state index is -0.773. The molecule has 7 heteroatoms. The van der Waals surface area contributed by atoms with Crippen molar-refractivity contribution in [1.29, 1.82) is 0 Å². The van der Waals surface area contributed by atoms with Crippen LogP contribution in [0.5, 0.6) is 0 Å². The Kier molecular flexibility index (Phi) is 6.13. The molecule has 1 rings (SSSR count). The van der Waals surface area contributed by atoms with Crippen LogP contribution in [0.25, 0.3) is 0 Å². The third kappa shape index (κ3) is 5.62. The van der Waals surface area contributed by atoms with Crippen LogP contribution in [0, 0.1) is 0 Å². The van der Waals surface area contributed by atoms with Crippen LogP contribution >= 0.6 is 11.3 Å². The number of aromatic amines is 1. The second-order valence-corrected chi connectivity index (χ2v) is 4.87. The monoisotopic (exact) mass is 272 g/mol. The molecule has 1 heterocycles. The van der Waals surface area contributed by atoms with Crippen LogP contribution in [0.3, 0.4) is 0 Å². The number of carboxylic acid groups (broad SMARTS) is 1. The first-order chi connectivity index (χ1) is 8.59. The lowest BCUT2D eigenvalue weighted by atomic mass is 10.1. The van der Waals surface area contributed by atoms with Crippen molar-refractivity contribution in [2.45, 2.75) is 32.1 Å². The number of aromatic nitrogens is 1. The third-order valence-corrected chi connectivity index (χ3v) is 3.18. The zero-order valence-corrected chi connectivity index (χ0v) is 10.7. The zero-order chi connectivity index (χ0) is 13.4. The summed E-state index contributed by atoms with van der Waals surface area (Å²) in [5, 5.41) is 11.1.